The first-order chi connectivity index (χ1) is 24.8. The second kappa shape index (κ2) is 12.7. The average molecular weight is 638 g/mol. The topological polar surface area (TPSA) is 38.7 Å². The molecule has 0 aliphatic heterocycles. The van der Waals surface area contributed by atoms with Gasteiger partial charge in [0.1, 0.15) is 0 Å². The first-order valence-electron chi connectivity index (χ1n) is 16.9. The molecule has 9 rings (SSSR count). The van der Waals surface area contributed by atoms with E-state index in [2.05, 4.69) is 176 Å². The summed E-state index contributed by atoms with van der Waals surface area (Å²) < 4.78 is 0. The normalized spacial score (nSPS) is 11.2. The molecule has 1 aromatic heterocycles. The fraction of sp³-hybridized carbons (Fsp3) is 0. The molecule has 0 amide bonds. The van der Waals surface area contributed by atoms with E-state index in [9.17, 15) is 0 Å². The van der Waals surface area contributed by atoms with Gasteiger partial charge in [0.15, 0.2) is 17.5 Å². The highest BCUT2D eigenvalue weighted by molar-refractivity contribution is 6.05. The molecule has 0 unspecified atom stereocenters. The molecule has 3 nitrogen and oxygen atoms in total. The summed E-state index contributed by atoms with van der Waals surface area (Å²) in [5, 5.41) is 4.71. The van der Waals surface area contributed by atoms with Crippen molar-refractivity contribution in [3.63, 3.8) is 0 Å². The van der Waals surface area contributed by atoms with E-state index >= 15 is 0 Å². The third-order valence-corrected chi connectivity index (χ3v) is 9.36. The van der Waals surface area contributed by atoms with Crippen molar-refractivity contribution < 1.29 is 0 Å². The van der Waals surface area contributed by atoms with E-state index in [1.807, 2.05) is 12.1 Å². The van der Waals surface area contributed by atoms with Gasteiger partial charge in [0.2, 0.25) is 0 Å². The summed E-state index contributed by atoms with van der Waals surface area (Å²) in [6.45, 7) is 0. The van der Waals surface area contributed by atoms with Crippen molar-refractivity contribution in [2.45, 2.75) is 0 Å². The first kappa shape index (κ1) is 29.4. The van der Waals surface area contributed by atoms with E-state index in [4.69, 9.17) is 15.0 Å². The van der Waals surface area contributed by atoms with Gasteiger partial charge in [-0.3, -0.25) is 0 Å². The van der Waals surface area contributed by atoms with Crippen LogP contribution in [-0.4, -0.2) is 15.0 Å². The lowest BCUT2D eigenvalue weighted by molar-refractivity contribution is 1.08. The molecule has 0 atom stereocenters. The van der Waals surface area contributed by atoms with Crippen LogP contribution in [0.15, 0.2) is 188 Å². The van der Waals surface area contributed by atoms with Gasteiger partial charge in [0, 0.05) is 16.7 Å². The van der Waals surface area contributed by atoms with Gasteiger partial charge in [-0.2, -0.15) is 0 Å². The standard InChI is InChI=1S/C47H31N3/c1-3-11-32(12-4-1)35-19-24-37(25-20-35)45-48-46(38-26-21-36(22-27-38)33-13-5-2-6-14-33)50-47(49-45)44-30-29-41(42-17-9-10-18-43(42)44)40-28-23-34-15-7-8-16-39(34)31-40/h1-31H. The monoisotopic (exact) mass is 637 g/mol. The van der Waals surface area contributed by atoms with Gasteiger partial charge in [-0.15, -0.1) is 0 Å². The Hall–Kier alpha value is -6.71. The quantitative estimate of drug-likeness (QED) is 0.182. The second-order valence-electron chi connectivity index (χ2n) is 12.5. The van der Waals surface area contributed by atoms with Crippen LogP contribution in [0.2, 0.25) is 0 Å². The smallest absolute Gasteiger partial charge is 0.164 e. The maximum atomic E-state index is 5.14. The van der Waals surface area contributed by atoms with Crippen LogP contribution in [0.5, 0.6) is 0 Å². The van der Waals surface area contributed by atoms with Gasteiger partial charge in [-0.25, -0.2) is 15.0 Å². The molecule has 3 heteroatoms. The summed E-state index contributed by atoms with van der Waals surface area (Å²) in [5.74, 6) is 1.92. The lowest BCUT2D eigenvalue weighted by atomic mass is 9.93. The Morgan fingerprint density at radius 1 is 0.240 bits per heavy atom. The first-order valence-corrected chi connectivity index (χ1v) is 16.9. The molecule has 0 radical (unpaired) electrons. The van der Waals surface area contributed by atoms with E-state index in [0.717, 1.165) is 38.6 Å². The molecule has 0 spiro atoms. The number of hydrogen-bond acceptors (Lipinski definition) is 3. The molecule has 0 N–H and O–H groups in total. The third-order valence-electron chi connectivity index (χ3n) is 9.36. The van der Waals surface area contributed by atoms with Gasteiger partial charge in [0.05, 0.1) is 0 Å². The average Bonchev–Trinajstić information content (AvgIpc) is 3.21. The number of fused-ring (bicyclic) bond motifs is 2. The minimum Gasteiger partial charge on any atom is -0.208 e. The molecular formula is C47H31N3. The Balaban J connectivity index is 1.18. The van der Waals surface area contributed by atoms with Crippen molar-refractivity contribution in [1.82, 2.24) is 15.0 Å². The lowest BCUT2D eigenvalue weighted by Crippen LogP contribution is -2.01. The number of aromatic nitrogens is 3. The summed E-state index contributed by atoms with van der Waals surface area (Å²) >= 11 is 0. The van der Waals surface area contributed by atoms with Crippen molar-refractivity contribution in [2.75, 3.05) is 0 Å². The predicted octanol–water partition coefficient (Wildman–Crippen LogP) is 12.2. The van der Waals surface area contributed by atoms with E-state index in [1.165, 1.54) is 33.0 Å². The summed E-state index contributed by atoms with van der Waals surface area (Å²) in [7, 11) is 0. The molecule has 1 heterocycles. The minimum atomic E-state index is 0.638. The number of nitrogens with zero attached hydrogens (tertiary/aromatic N) is 3. The highest BCUT2D eigenvalue weighted by Gasteiger charge is 2.16. The molecule has 234 valence electrons. The Bertz CT molecular complexity index is 2510. The van der Waals surface area contributed by atoms with Gasteiger partial charge >= 0.3 is 0 Å². The zero-order valence-electron chi connectivity index (χ0n) is 27.2. The summed E-state index contributed by atoms with van der Waals surface area (Å²) in [4.78, 5) is 15.3. The van der Waals surface area contributed by atoms with Crippen molar-refractivity contribution in [3.8, 4) is 67.5 Å². The number of hydrogen-bond donors (Lipinski definition) is 0. The fourth-order valence-electron chi connectivity index (χ4n) is 6.74. The third kappa shape index (κ3) is 5.61. The summed E-state index contributed by atoms with van der Waals surface area (Å²) in [6.07, 6.45) is 0. The summed E-state index contributed by atoms with van der Waals surface area (Å²) in [6, 6.07) is 65.9. The maximum absolute atomic E-state index is 5.14. The fourth-order valence-corrected chi connectivity index (χ4v) is 6.74. The SMILES string of the molecule is c1ccc(-c2ccc(-c3nc(-c4ccc(-c5ccccc5)cc4)nc(-c4ccc(-c5ccc6ccccc6c5)c5ccccc45)n3)cc2)cc1. The molecule has 0 fully saturated rings. The predicted molar refractivity (Wildman–Crippen MR) is 207 cm³/mol. The molecule has 9 aromatic rings. The van der Waals surface area contributed by atoms with Crippen LogP contribution < -0.4 is 0 Å². The van der Waals surface area contributed by atoms with Crippen LogP contribution in [-0.2, 0) is 0 Å². The maximum Gasteiger partial charge on any atom is 0.164 e. The summed E-state index contributed by atoms with van der Waals surface area (Å²) in [5.41, 5.74) is 9.85. The van der Waals surface area contributed by atoms with E-state index < -0.39 is 0 Å². The lowest BCUT2D eigenvalue weighted by Gasteiger charge is -2.14. The van der Waals surface area contributed by atoms with Gasteiger partial charge in [-0.1, -0.05) is 176 Å². The second-order valence-corrected chi connectivity index (χ2v) is 12.5. The zero-order chi connectivity index (χ0) is 33.3. The van der Waals surface area contributed by atoms with Crippen molar-refractivity contribution in [3.05, 3.63) is 188 Å². The van der Waals surface area contributed by atoms with Crippen molar-refractivity contribution in [1.29, 1.82) is 0 Å². The van der Waals surface area contributed by atoms with E-state index in [1.54, 1.807) is 0 Å². The molecule has 0 aliphatic carbocycles. The van der Waals surface area contributed by atoms with Crippen LogP contribution in [0.4, 0.5) is 0 Å². The zero-order valence-corrected chi connectivity index (χ0v) is 27.2. The number of benzene rings is 8. The Labute approximate surface area is 291 Å². The highest BCUT2D eigenvalue weighted by atomic mass is 15.0. The van der Waals surface area contributed by atoms with Crippen molar-refractivity contribution >= 4 is 21.5 Å². The van der Waals surface area contributed by atoms with E-state index in [0.29, 0.717) is 17.5 Å². The van der Waals surface area contributed by atoms with Gasteiger partial charge < -0.3 is 0 Å². The molecule has 8 aromatic carbocycles. The number of rotatable bonds is 6. The minimum absolute atomic E-state index is 0.638. The molecular weight excluding hydrogens is 607 g/mol. The molecule has 0 saturated heterocycles. The van der Waals surface area contributed by atoms with Crippen LogP contribution in [0.25, 0.3) is 89.1 Å². The van der Waals surface area contributed by atoms with Crippen LogP contribution in [0.3, 0.4) is 0 Å². The Kier molecular flexibility index (Phi) is 7.49. The van der Waals surface area contributed by atoms with E-state index in [-0.39, 0.29) is 0 Å². The van der Waals surface area contributed by atoms with Crippen LogP contribution in [0, 0.1) is 0 Å². The van der Waals surface area contributed by atoms with Crippen LogP contribution >= 0.6 is 0 Å². The highest BCUT2D eigenvalue weighted by Crippen LogP contribution is 2.37. The van der Waals surface area contributed by atoms with Gasteiger partial charge in [-0.05, 0) is 67.1 Å². The Morgan fingerprint density at radius 3 is 1.22 bits per heavy atom. The molecule has 0 saturated carbocycles. The van der Waals surface area contributed by atoms with Crippen LogP contribution in [0.1, 0.15) is 0 Å². The molecule has 50 heavy (non-hydrogen) atoms. The van der Waals surface area contributed by atoms with Crippen molar-refractivity contribution in [2.24, 2.45) is 0 Å². The Morgan fingerprint density at radius 2 is 0.640 bits per heavy atom. The largest absolute Gasteiger partial charge is 0.208 e. The van der Waals surface area contributed by atoms with Gasteiger partial charge in [0.25, 0.3) is 0 Å². The molecule has 0 aliphatic rings. The molecule has 0 bridgehead atoms.